The van der Waals surface area contributed by atoms with Crippen LogP contribution in [0.4, 0.5) is 0 Å². The fourth-order valence-electron chi connectivity index (χ4n) is 2.55. The minimum Gasteiger partial charge on any atom is -0.373 e. The van der Waals surface area contributed by atoms with Gasteiger partial charge in [0.25, 0.3) is 0 Å². The van der Waals surface area contributed by atoms with E-state index in [0.29, 0.717) is 22.1 Å². The van der Waals surface area contributed by atoms with E-state index in [2.05, 4.69) is 4.98 Å². The van der Waals surface area contributed by atoms with Gasteiger partial charge < -0.3 is 9.67 Å². The molecule has 1 aromatic heterocycles. The Morgan fingerprint density at radius 3 is 1.73 bits per heavy atom. The van der Waals surface area contributed by atoms with Gasteiger partial charge in [0.2, 0.25) is 0 Å². The lowest BCUT2D eigenvalue weighted by molar-refractivity contribution is 0.112. The van der Waals surface area contributed by atoms with Gasteiger partial charge in [-0.3, -0.25) is 0 Å². The third kappa shape index (κ3) is 2.31. The molecule has 2 aromatic carbocycles. The van der Waals surface area contributed by atoms with Crippen LogP contribution in [0, 0.1) is 0 Å². The molecule has 0 spiro atoms. The SMILES string of the molecule is Cn1c(C(O)(c2ccccc2)c2ccccc2)nc(Cl)c1Cl. The van der Waals surface area contributed by atoms with E-state index >= 15 is 0 Å². The summed E-state index contributed by atoms with van der Waals surface area (Å²) >= 11 is 12.2. The Kier molecular flexibility index (Phi) is 3.96. The number of aliphatic hydroxyl groups is 1. The predicted molar refractivity (Wildman–Crippen MR) is 88.2 cm³/mol. The van der Waals surface area contributed by atoms with E-state index in [-0.39, 0.29) is 5.15 Å². The number of halogens is 2. The van der Waals surface area contributed by atoms with E-state index in [1.807, 2.05) is 60.7 Å². The molecule has 0 unspecified atom stereocenters. The quantitative estimate of drug-likeness (QED) is 0.786. The summed E-state index contributed by atoms with van der Waals surface area (Å²) < 4.78 is 1.60. The molecule has 3 nitrogen and oxygen atoms in total. The zero-order valence-electron chi connectivity index (χ0n) is 11.9. The normalized spacial score (nSPS) is 11.6. The zero-order chi connectivity index (χ0) is 15.7. The van der Waals surface area contributed by atoms with Gasteiger partial charge >= 0.3 is 0 Å². The number of hydrogen-bond donors (Lipinski definition) is 1. The number of imidazole rings is 1. The van der Waals surface area contributed by atoms with Crippen molar-refractivity contribution in [1.82, 2.24) is 9.55 Å². The van der Waals surface area contributed by atoms with E-state index < -0.39 is 5.60 Å². The Balaban J connectivity index is 2.31. The van der Waals surface area contributed by atoms with Crippen molar-refractivity contribution >= 4 is 23.2 Å². The summed E-state index contributed by atoms with van der Waals surface area (Å²) in [6.45, 7) is 0. The van der Waals surface area contributed by atoms with Gasteiger partial charge in [0.1, 0.15) is 5.15 Å². The summed E-state index contributed by atoms with van der Waals surface area (Å²) in [5.41, 5.74) is -0.0427. The molecule has 0 aliphatic carbocycles. The lowest BCUT2D eigenvalue weighted by Crippen LogP contribution is -2.32. The number of nitrogens with zero attached hydrogens (tertiary/aromatic N) is 2. The van der Waals surface area contributed by atoms with E-state index in [1.54, 1.807) is 11.6 Å². The fraction of sp³-hybridized carbons (Fsp3) is 0.118. The second-order valence-electron chi connectivity index (χ2n) is 5.02. The largest absolute Gasteiger partial charge is 0.373 e. The van der Waals surface area contributed by atoms with E-state index in [9.17, 15) is 5.11 Å². The molecule has 1 N–H and O–H groups in total. The number of hydrogen-bond acceptors (Lipinski definition) is 2. The Morgan fingerprint density at radius 2 is 1.36 bits per heavy atom. The highest BCUT2D eigenvalue weighted by atomic mass is 35.5. The van der Waals surface area contributed by atoms with Crippen LogP contribution in [0.15, 0.2) is 60.7 Å². The van der Waals surface area contributed by atoms with Crippen LogP contribution >= 0.6 is 23.2 Å². The van der Waals surface area contributed by atoms with E-state index in [1.165, 1.54) is 0 Å². The second kappa shape index (κ2) is 5.76. The Labute approximate surface area is 138 Å². The minimum absolute atomic E-state index is 0.171. The predicted octanol–water partition coefficient (Wildman–Crippen LogP) is 4.01. The standard InChI is InChI=1S/C17H14Cl2N2O/c1-21-15(19)14(18)20-16(21)17(22,12-8-4-2-5-9-12)13-10-6-3-7-11-13/h2-11,22H,1H3. The molecule has 5 heteroatoms. The molecule has 1 heterocycles. The third-order valence-corrected chi connectivity index (χ3v) is 4.49. The van der Waals surface area contributed by atoms with Crippen molar-refractivity contribution in [2.75, 3.05) is 0 Å². The van der Waals surface area contributed by atoms with Crippen molar-refractivity contribution in [3.63, 3.8) is 0 Å². The van der Waals surface area contributed by atoms with Crippen LogP contribution in [0.3, 0.4) is 0 Å². The third-order valence-electron chi connectivity index (χ3n) is 3.69. The van der Waals surface area contributed by atoms with Crippen molar-refractivity contribution < 1.29 is 5.11 Å². The van der Waals surface area contributed by atoms with Crippen LogP contribution in [0.1, 0.15) is 17.0 Å². The van der Waals surface area contributed by atoms with E-state index in [0.717, 1.165) is 0 Å². The summed E-state index contributed by atoms with van der Waals surface area (Å²) in [4.78, 5) is 4.28. The number of benzene rings is 2. The summed E-state index contributed by atoms with van der Waals surface area (Å²) in [6, 6.07) is 18.7. The van der Waals surface area contributed by atoms with Crippen LogP contribution in [0.25, 0.3) is 0 Å². The van der Waals surface area contributed by atoms with E-state index in [4.69, 9.17) is 23.2 Å². The van der Waals surface area contributed by atoms with Crippen LogP contribution in [-0.4, -0.2) is 14.7 Å². The first-order valence-electron chi connectivity index (χ1n) is 6.76. The topological polar surface area (TPSA) is 38.0 Å². The summed E-state index contributed by atoms with van der Waals surface area (Å²) in [7, 11) is 1.73. The van der Waals surface area contributed by atoms with Crippen molar-refractivity contribution in [2.45, 2.75) is 5.60 Å². The maximum absolute atomic E-state index is 11.5. The molecule has 0 saturated carbocycles. The first kappa shape index (κ1) is 15.1. The molecule has 112 valence electrons. The first-order chi connectivity index (χ1) is 10.5. The Morgan fingerprint density at radius 1 is 0.909 bits per heavy atom. The van der Waals surface area contributed by atoms with Gasteiger partial charge in [0.05, 0.1) is 0 Å². The molecule has 0 bridgehead atoms. The maximum Gasteiger partial charge on any atom is 0.173 e. The first-order valence-corrected chi connectivity index (χ1v) is 7.52. The summed E-state index contributed by atoms with van der Waals surface area (Å²) in [6.07, 6.45) is 0. The smallest absolute Gasteiger partial charge is 0.173 e. The van der Waals surface area contributed by atoms with Crippen molar-refractivity contribution in [3.8, 4) is 0 Å². The van der Waals surface area contributed by atoms with Crippen LogP contribution in [0.2, 0.25) is 10.3 Å². The highest BCUT2D eigenvalue weighted by Gasteiger charge is 2.38. The lowest BCUT2D eigenvalue weighted by atomic mass is 9.85. The van der Waals surface area contributed by atoms with Gasteiger partial charge in [-0.2, -0.15) is 0 Å². The minimum atomic E-state index is -1.44. The number of aromatic nitrogens is 2. The molecule has 0 amide bonds. The molecule has 0 aliphatic heterocycles. The molecule has 0 atom stereocenters. The number of rotatable bonds is 3. The fourth-order valence-corrected chi connectivity index (χ4v) is 2.88. The maximum atomic E-state index is 11.5. The van der Waals surface area contributed by atoms with Gasteiger partial charge in [-0.25, -0.2) is 4.98 Å². The van der Waals surface area contributed by atoms with Crippen molar-refractivity contribution in [2.24, 2.45) is 7.05 Å². The molecule has 3 aromatic rings. The van der Waals surface area contributed by atoms with Crippen LogP contribution < -0.4 is 0 Å². The molecule has 0 fully saturated rings. The zero-order valence-corrected chi connectivity index (χ0v) is 13.4. The van der Waals surface area contributed by atoms with Crippen molar-refractivity contribution in [1.29, 1.82) is 0 Å². The molecule has 22 heavy (non-hydrogen) atoms. The highest BCUT2D eigenvalue weighted by Crippen LogP contribution is 2.38. The molecule has 0 saturated heterocycles. The van der Waals surface area contributed by atoms with Gasteiger partial charge in [0.15, 0.2) is 16.6 Å². The molecule has 3 rings (SSSR count). The Bertz CT molecular complexity index is 746. The van der Waals surface area contributed by atoms with Gasteiger partial charge in [-0.05, 0) is 11.1 Å². The van der Waals surface area contributed by atoms with Gasteiger partial charge in [-0.1, -0.05) is 83.9 Å². The van der Waals surface area contributed by atoms with Crippen molar-refractivity contribution in [3.05, 3.63) is 87.9 Å². The monoisotopic (exact) mass is 332 g/mol. The van der Waals surface area contributed by atoms with Gasteiger partial charge in [0, 0.05) is 7.05 Å². The molecule has 0 aliphatic rings. The second-order valence-corrected chi connectivity index (χ2v) is 5.73. The summed E-state index contributed by atoms with van der Waals surface area (Å²) in [5, 5.41) is 12.0. The average molecular weight is 333 g/mol. The molecular formula is C17H14Cl2N2O. The molecule has 0 radical (unpaired) electrons. The van der Waals surface area contributed by atoms with Gasteiger partial charge in [-0.15, -0.1) is 0 Å². The Hall–Kier alpha value is -1.81. The summed E-state index contributed by atoms with van der Waals surface area (Å²) in [5.74, 6) is 0.375. The lowest BCUT2D eigenvalue weighted by Gasteiger charge is -2.28. The molecular weight excluding hydrogens is 319 g/mol. The van der Waals surface area contributed by atoms with Crippen LogP contribution in [0.5, 0.6) is 0 Å². The average Bonchev–Trinajstić information content (AvgIpc) is 2.83. The van der Waals surface area contributed by atoms with Crippen LogP contribution in [-0.2, 0) is 12.6 Å². The highest BCUT2D eigenvalue weighted by molar-refractivity contribution is 6.40.